The van der Waals surface area contributed by atoms with Gasteiger partial charge in [0.15, 0.2) is 16.3 Å². The fourth-order valence-corrected chi connectivity index (χ4v) is 5.26. The number of benzene rings is 2. The van der Waals surface area contributed by atoms with Crippen molar-refractivity contribution in [2.24, 2.45) is 4.99 Å². The Labute approximate surface area is 206 Å². The number of aromatic nitrogens is 1. The quantitative estimate of drug-likeness (QED) is 0.511. The zero-order valence-corrected chi connectivity index (χ0v) is 20.7. The van der Waals surface area contributed by atoms with E-state index in [0.717, 1.165) is 16.8 Å². The van der Waals surface area contributed by atoms with Crippen LogP contribution in [0.25, 0.3) is 6.08 Å². The molecule has 5 rings (SSSR count). The highest BCUT2D eigenvalue weighted by molar-refractivity contribution is 7.07. The van der Waals surface area contributed by atoms with Gasteiger partial charge in [0.25, 0.3) is 5.56 Å². The molecule has 8 nitrogen and oxygen atoms in total. The number of ether oxygens (including phenoxy) is 3. The third kappa shape index (κ3) is 4.12. The average molecular weight is 492 g/mol. The SMILES string of the molecule is CCOC(=O)C1=C(C)N=c2s/c(=C\c3ccc4c(c3)OCO4)c(=O)n2[C@H]1c1ccc(N(C)C)cc1. The van der Waals surface area contributed by atoms with Crippen molar-refractivity contribution >= 4 is 29.1 Å². The summed E-state index contributed by atoms with van der Waals surface area (Å²) < 4.78 is 18.3. The van der Waals surface area contributed by atoms with Gasteiger partial charge in [-0.3, -0.25) is 9.36 Å². The molecule has 1 aromatic heterocycles. The lowest BCUT2D eigenvalue weighted by atomic mass is 9.95. The highest BCUT2D eigenvalue weighted by Crippen LogP contribution is 2.33. The highest BCUT2D eigenvalue weighted by atomic mass is 32.1. The van der Waals surface area contributed by atoms with Crippen molar-refractivity contribution in [3.05, 3.63) is 84.5 Å². The average Bonchev–Trinajstić information content (AvgIpc) is 3.42. The van der Waals surface area contributed by atoms with Crippen LogP contribution in [-0.4, -0.2) is 38.0 Å². The molecule has 1 atom stereocenters. The number of carbonyl (C=O) groups is 1. The van der Waals surface area contributed by atoms with Gasteiger partial charge in [0, 0.05) is 19.8 Å². The zero-order chi connectivity index (χ0) is 24.7. The number of esters is 1. The van der Waals surface area contributed by atoms with Gasteiger partial charge in [-0.15, -0.1) is 0 Å². The molecule has 0 aliphatic carbocycles. The third-order valence-corrected chi connectivity index (χ3v) is 6.92. The normalized spacial score (nSPS) is 16.7. The van der Waals surface area contributed by atoms with Crippen LogP contribution >= 0.6 is 11.3 Å². The maximum absolute atomic E-state index is 13.7. The van der Waals surface area contributed by atoms with Gasteiger partial charge in [-0.25, -0.2) is 9.79 Å². The standard InChI is InChI=1S/C26H25N3O5S/c1-5-32-25(31)22-15(2)27-26-29(23(22)17-7-9-18(10-8-17)28(3)4)24(30)21(35-26)13-16-6-11-19-20(12-16)34-14-33-19/h6-13,23H,5,14H2,1-4H3/b21-13-/t23-/m0/s1. The molecular weight excluding hydrogens is 466 g/mol. The molecule has 0 fully saturated rings. The summed E-state index contributed by atoms with van der Waals surface area (Å²) in [6.45, 7) is 3.96. The van der Waals surface area contributed by atoms with E-state index in [0.29, 0.717) is 32.1 Å². The topological polar surface area (TPSA) is 82.4 Å². The second-order valence-electron chi connectivity index (χ2n) is 8.40. The monoisotopic (exact) mass is 491 g/mol. The summed E-state index contributed by atoms with van der Waals surface area (Å²) in [7, 11) is 3.92. The Bertz CT molecular complexity index is 1520. The third-order valence-electron chi connectivity index (χ3n) is 5.94. The van der Waals surface area contributed by atoms with Crippen LogP contribution in [0.5, 0.6) is 11.5 Å². The van der Waals surface area contributed by atoms with Gasteiger partial charge in [0.1, 0.15) is 0 Å². The van der Waals surface area contributed by atoms with E-state index in [-0.39, 0.29) is 19.0 Å². The van der Waals surface area contributed by atoms with Crippen molar-refractivity contribution in [2.45, 2.75) is 19.9 Å². The molecule has 3 aromatic rings. The number of rotatable bonds is 5. The Morgan fingerprint density at radius 2 is 1.94 bits per heavy atom. The Kier molecular flexibility index (Phi) is 5.94. The molecule has 9 heteroatoms. The molecule has 35 heavy (non-hydrogen) atoms. The molecule has 2 aliphatic heterocycles. The van der Waals surface area contributed by atoms with E-state index in [1.165, 1.54) is 11.3 Å². The van der Waals surface area contributed by atoms with Gasteiger partial charge >= 0.3 is 5.97 Å². The second-order valence-corrected chi connectivity index (χ2v) is 9.41. The number of hydrogen-bond acceptors (Lipinski definition) is 8. The van der Waals surface area contributed by atoms with Gasteiger partial charge in [-0.1, -0.05) is 29.5 Å². The lowest BCUT2D eigenvalue weighted by molar-refractivity contribution is -0.139. The zero-order valence-electron chi connectivity index (χ0n) is 19.9. The van der Waals surface area contributed by atoms with Crippen molar-refractivity contribution in [1.82, 2.24) is 4.57 Å². The first-order valence-electron chi connectivity index (χ1n) is 11.2. The lowest BCUT2D eigenvalue weighted by Gasteiger charge is -2.25. The maximum Gasteiger partial charge on any atom is 0.338 e. The fourth-order valence-electron chi connectivity index (χ4n) is 4.22. The van der Waals surface area contributed by atoms with Crippen molar-refractivity contribution in [1.29, 1.82) is 0 Å². The summed E-state index contributed by atoms with van der Waals surface area (Å²) in [6, 6.07) is 12.7. The second kappa shape index (κ2) is 9.07. The number of allylic oxidation sites excluding steroid dienone is 1. The summed E-state index contributed by atoms with van der Waals surface area (Å²) in [6.07, 6.45) is 1.81. The summed E-state index contributed by atoms with van der Waals surface area (Å²) in [5.41, 5.74) is 3.33. The van der Waals surface area contributed by atoms with E-state index >= 15 is 0 Å². The maximum atomic E-state index is 13.7. The Balaban J connectivity index is 1.67. The summed E-state index contributed by atoms with van der Waals surface area (Å²) in [5.74, 6) is 0.853. The fraction of sp³-hybridized carbons (Fsp3) is 0.269. The number of fused-ring (bicyclic) bond motifs is 2. The van der Waals surface area contributed by atoms with Gasteiger partial charge in [-0.2, -0.15) is 0 Å². The molecule has 3 heterocycles. The highest BCUT2D eigenvalue weighted by Gasteiger charge is 2.33. The smallest absolute Gasteiger partial charge is 0.338 e. The van der Waals surface area contributed by atoms with Crippen molar-refractivity contribution in [3.8, 4) is 11.5 Å². The summed E-state index contributed by atoms with van der Waals surface area (Å²) in [4.78, 5) is 33.8. The first-order valence-corrected chi connectivity index (χ1v) is 12.1. The number of carbonyl (C=O) groups excluding carboxylic acids is 1. The number of anilines is 1. The van der Waals surface area contributed by atoms with Crippen LogP contribution in [0.1, 0.15) is 31.0 Å². The lowest BCUT2D eigenvalue weighted by Crippen LogP contribution is -2.39. The molecule has 2 aromatic carbocycles. The van der Waals surface area contributed by atoms with Crippen LogP contribution in [0.4, 0.5) is 5.69 Å². The Morgan fingerprint density at radius 1 is 1.20 bits per heavy atom. The molecule has 0 saturated carbocycles. The van der Waals surface area contributed by atoms with Gasteiger partial charge in [0.2, 0.25) is 6.79 Å². The van der Waals surface area contributed by atoms with E-state index in [4.69, 9.17) is 14.2 Å². The molecule has 0 N–H and O–H groups in total. The molecular formula is C26H25N3O5S. The molecule has 180 valence electrons. The van der Waals surface area contributed by atoms with E-state index in [1.54, 1.807) is 24.5 Å². The van der Waals surface area contributed by atoms with Crippen LogP contribution in [0.3, 0.4) is 0 Å². The molecule has 0 saturated heterocycles. The minimum absolute atomic E-state index is 0.184. The van der Waals surface area contributed by atoms with Crippen molar-refractivity contribution < 1.29 is 19.0 Å². The van der Waals surface area contributed by atoms with Crippen LogP contribution in [0, 0.1) is 0 Å². The minimum Gasteiger partial charge on any atom is -0.463 e. The van der Waals surface area contributed by atoms with Crippen LogP contribution in [-0.2, 0) is 9.53 Å². The van der Waals surface area contributed by atoms with Gasteiger partial charge in [-0.05, 0) is 55.3 Å². The van der Waals surface area contributed by atoms with Crippen LogP contribution in [0.15, 0.2) is 63.5 Å². The summed E-state index contributed by atoms with van der Waals surface area (Å²) >= 11 is 1.29. The minimum atomic E-state index is -0.639. The van der Waals surface area contributed by atoms with Gasteiger partial charge in [0.05, 0.1) is 28.5 Å². The number of nitrogens with zero attached hydrogens (tertiary/aromatic N) is 3. The van der Waals surface area contributed by atoms with Crippen molar-refractivity contribution in [3.63, 3.8) is 0 Å². The first kappa shape index (κ1) is 22.9. The van der Waals surface area contributed by atoms with Crippen LogP contribution < -0.4 is 29.3 Å². The predicted octanol–water partition coefficient (Wildman–Crippen LogP) is 2.59. The van der Waals surface area contributed by atoms with E-state index in [2.05, 4.69) is 4.99 Å². The molecule has 0 spiro atoms. The van der Waals surface area contributed by atoms with E-state index in [9.17, 15) is 9.59 Å². The van der Waals surface area contributed by atoms with E-state index in [1.807, 2.05) is 61.5 Å². The molecule has 0 amide bonds. The van der Waals surface area contributed by atoms with Crippen molar-refractivity contribution in [2.75, 3.05) is 32.4 Å². The summed E-state index contributed by atoms with van der Waals surface area (Å²) in [5, 5.41) is 0. The number of hydrogen-bond donors (Lipinski definition) is 0. The molecule has 0 radical (unpaired) electrons. The number of thiazole rings is 1. The van der Waals surface area contributed by atoms with Gasteiger partial charge < -0.3 is 19.1 Å². The molecule has 0 unspecified atom stereocenters. The molecule has 2 aliphatic rings. The Hall–Kier alpha value is -3.85. The largest absolute Gasteiger partial charge is 0.463 e. The predicted molar refractivity (Wildman–Crippen MR) is 134 cm³/mol. The van der Waals surface area contributed by atoms with Crippen LogP contribution in [0.2, 0.25) is 0 Å². The Morgan fingerprint density at radius 3 is 2.66 bits per heavy atom. The first-order chi connectivity index (χ1) is 16.9. The van der Waals surface area contributed by atoms with E-state index < -0.39 is 12.0 Å². The molecule has 0 bridgehead atoms.